The minimum absolute atomic E-state index is 0.368. The average molecular weight is 413 g/mol. The van der Waals surface area contributed by atoms with Crippen molar-refractivity contribution in [3.8, 4) is 0 Å². The third kappa shape index (κ3) is 4.25. The first-order chi connectivity index (χ1) is 14.3. The topological polar surface area (TPSA) is 57.5 Å². The molecule has 0 aliphatic heterocycles. The Hall–Kier alpha value is -1.19. The quantitative estimate of drug-likeness (QED) is 0.639. The maximum Gasteiger partial charge on any atom is 0.133 e. The Kier molecular flexibility index (Phi) is 6.42. The molecular formula is C27H40O3. The molecule has 0 aromatic heterocycles. The maximum absolute atomic E-state index is 11.7. The first-order valence-electron chi connectivity index (χ1n) is 12.2. The van der Waals surface area contributed by atoms with Gasteiger partial charge in [0.15, 0.2) is 0 Å². The van der Waals surface area contributed by atoms with Crippen LogP contribution in [0.4, 0.5) is 0 Å². The summed E-state index contributed by atoms with van der Waals surface area (Å²) >= 11 is 0. The van der Waals surface area contributed by atoms with Gasteiger partial charge < -0.3 is 10.2 Å². The van der Waals surface area contributed by atoms with Crippen LogP contribution in [0.5, 0.6) is 0 Å². The zero-order valence-electron chi connectivity index (χ0n) is 18.9. The number of Topliss-reactive ketones (excluding diaryl/α,β-unsaturated/α-hetero) is 1. The SMILES string of the molecule is C=C1/C(=C\C=C2/CCC[C@@]3(C)C2CC[C@@H]3C(C)CC2CCC(=O)C2)C[C@@H](O)C[C@@H]1O. The van der Waals surface area contributed by atoms with Gasteiger partial charge in [0.25, 0.3) is 0 Å². The van der Waals surface area contributed by atoms with Crippen molar-refractivity contribution in [1.29, 1.82) is 0 Å². The Labute approximate surface area is 182 Å². The van der Waals surface area contributed by atoms with E-state index in [4.69, 9.17) is 0 Å². The minimum atomic E-state index is -0.616. The van der Waals surface area contributed by atoms with Crippen LogP contribution in [0.3, 0.4) is 0 Å². The molecule has 4 rings (SSSR count). The molecule has 3 unspecified atom stereocenters. The highest BCUT2D eigenvalue weighted by molar-refractivity contribution is 5.80. The van der Waals surface area contributed by atoms with Crippen LogP contribution in [-0.4, -0.2) is 28.2 Å². The second kappa shape index (κ2) is 8.74. The van der Waals surface area contributed by atoms with E-state index < -0.39 is 12.2 Å². The van der Waals surface area contributed by atoms with Crippen molar-refractivity contribution < 1.29 is 15.0 Å². The van der Waals surface area contributed by atoms with Gasteiger partial charge in [0.1, 0.15) is 5.78 Å². The number of allylic oxidation sites excluding steroid dienone is 3. The highest BCUT2D eigenvalue weighted by Gasteiger charge is 2.50. The molecule has 4 fully saturated rings. The van der Waals surface area contributed by atoms with Crippen LogP contribution >= 0.6 is 0 Å². The predicted octanol–water partition coefficient (Wildman–Crippen LogP) is 5.52. The van der Waals surface area contributed by atoms with Gasteiger partial charge in [-0.15, -0.1) is 0 Å². The summed E-state index contributed by atoms with van der Waals surface area (Å²) in [6.07, 6.45) is 14.6. The molecule has 7 atom stereocenters. The molecule has 30 heavy (non-hydrogen) atoms. The van der Waals surface area contributed by atoms with Crippen molar-refractivity contribution >= 4 is 5.78 Å². The van der Waals surface area contributed by atoms with E-state index in [0.29, 0.717) is 41.8 Å². The van der Waals surface area contributed by atoms with Gasteiger partial charge in [-0.05, 0) is 91.6 Å². The molecule has 0 aromatic carbocycles. The van der Waals surface area contributed by atoms with E-state index in [-0.39, 0.29) is 0 Å². The first-order valence-corrected chi connectivity index (χ1v) is 12.2. The number of fused-ring (bicyclic) bond motifs is 1. The number of carbonyl (C=O) groups excluding carboxylic acids is 1. The summed E-state index contributed by atoms with van der Waals surface area (Å²) in [7, 11) is 0. The van der Waals surface area contributed by atoms with Crippen LogP contribution < -0.4 is 0 Å². The lowest BCUT2D eigenvalue weighted by atomic mass is 9.60. The van der Waals surface area contributed by atoms with Crippen molar-refractivity contribution in [3.05, 3.63) is 35.5 Å². The van der Waals surface area contributed by atoms with E-state index in [1.54, 1.807) is 5.57 Å². The first kappa shape index (κ1) is 22.0. The molecule has 0 spiro atoms. The molecule has 0 radical (unpaired) electrons. The zero-order valence-corrected chi connectivity index (χ0v) is 18.9. The third-order valence-electron chi connectivity index (χ3n) is 9.04. The maximum atomic E-state index is 11.7. The van der Waals surface area contributed by atoms with Gasteiger partial charge in [0.2, 0.25) is 0 Å². The molecule has 4 aliphatic rings. The molecule has 0 heterocycles. The Balaban J connectivity index is 1.48. The van der Waals surface area contributed by atoms with E-state index in [0.717, 1.165) is 36.3 Å². The molecule has 4 saturated carbocycles. The molecule has 2 N–H and O–H groups in total. The van der Waals surface area contributed by atoms with Gasteiger partial charge in [0.05, 0.1) is 12.2 Å². The van der Waals surface area contributed by atoms with E-state index in [2.05, 4.69) is 32.6 Å². The van der Waals surface area contributed by atoms with E-state index in [1.165, 1.54) is 38.5 Å². The second-order valence-electron chi connectivity index (χ2n) is 11.0. The van der Waals surface area contributed by atoms with Crippen LogP contribution in [-0.2, 0) is 4.79 Å². The number of hydrogen-bond donors (Lipinski definition) is 2. The molecule has 4 aliphatic carbocycles. The molecule has 0 aromatic rings. The second-order valence-corrected chi connectivity index (χ2v) is 11.0. The lowest BCUT2D eigenvalue weighted by Gasteiger charge is -2.44. The average Bonchev–Trinajstić information content (AvgIpc) is 3.25. The van der Waals surface area contributed by atoms with Crippen molar-refractivity contribution in [3.63, 3.8) is 0 Å². The molecule has 166 valence electrons. The Bertz CT molecular complexity index is 747. The summed E-state index contributed by atoms with van der Waals surface area (Å²) in [6, 6.07) is 0. The van der Waals surface area contributed by atoms with Crippen molar-refractivity contribution in [2.45, 2.75) is 96.7 Å². The fourth-order valence-electron chi connectivity index (χ4n) is 7.46. The molecule has 0 bridgehead atoms. The molecular weight excluding hydrogens is 372 g/mol. The van der Waals surface area contributed by atoms with Crippen LogP contribution in [0.25, 0.3) is 0 Å². The number of aliphatic hydroxyl groups excluding tert-OH is 2. The Morgan fingerprint density at radius 2 is 1.97 bits per heavy atom. The smallest absolute Gasteiger partial charge is 0.133 e. The molecule has 3 nitrogen and oxygen atoms in total. The van der Waals surface area contributed by atoms with Crippen molar-refractivity contribution in [2.24, 2.45) is 29.1 Å². The standard InChI is InChI=1S/C27H40O3/c1-17(13-19-6-9-22(28)14-19)24-10-11-25-20(5-4-12-27(24,25)3)7-8-21-15-23(29)16-26(30)18(21)2/h7-8,17,19,23-26,29-30H,2,4-6,9-16H2,1,3H3/b20-7+,21-8-/t17?,19?,23-,24-,25?,26+,27-/m1/s1. The number of rotatable bonds is 4. The van der Waals surface area contributed by atoms with Crippen LogP contribution in [0.2, 0.25) is 0 Å². The number of ketones is 1. The minimum Gasteiger partial charge on any atom is -0.393 e. The third-order valence-corrected chi connectivity index (χ3v) is 9.04. The van der Waals surface area contributed by atoms with Crippen molar-refractivity contribution in [1.82, 2.24) is 0 Å². The fraction of sp³-hybridized carbons (Fsp3) is 0.741. The summed E-state index contributed by atoms with van der Waals surface area (Å²) in [5.74, 6) is 3.18. The highest BCUT2D eigenvalue weighted by Crippen LogP contribution is 2.60. The summed E-state index contributed by atoms with van der Waals surface area (Å²) in [4.78, 5) is 11.7. The van der Waals surface area contributed by atoms with Crippen molar-refractivity contribution in [2.75, 3.05) is 0 Å². The Morgan fingerprint density at radius 3 is 2.70 bits per heavy atom. The summed E-state index contributed by atoms with van der Waals surface area (Å²) in [5.41, 5.74) is 3.71. The summed E-state index contributed by atoms with van der Waals surface area (Å²) in [6.45, 7) is 9.03. The lowest BCUT2D eigenvalue weighted by Crippen LogP contribution is -2.36. The monoisotopic (exact) mass is 412 g/mol. The summed E-state index contributed by atoms with van der Waals surface area (Å²) < 4.78 is 0. The molecule has 0 saturated heterocycles. The Morgan fingerprint density at radius 1 is 1.17 bits per heavy atom. The van der Waals surface area contributed by atoms with Gasteiger partial charge >= 0.3 is 0 Å². The van der Waals surface area contributed by atoms with E-state index in [1.807, 2.05) is 0 Å². The van der Waals surface area contributed by atoms with Crippen LogP contribution in [0.1, 0.15) is 84.5 Å². The van der Waals surface area contributed by atoms with E-state index in [9.17, 15) is 15.0 Å². The highest BCUT2D eigenvalue weighted by atomic mass is 16.3. The van der Waals surface area contributed by atoms with Crippen LogP contribution in [0.15, 0.2) is 35.5 Å². The normalized spacial score (nSPS) is 43.4. The van der Waals surface area contributed by atoms with Gasteiger partial charge in [-0.2, -0.15) is 0 Å². The van der Waals surface area contributed by atoms with Gasteiger partial charge in [0, 0.05) is 19.3 Å². The largest absolute Gasteiger partial charge is 0.393 e. The van der Waals surface area contributed by atoms with Crippen LogP contribution in [0, 0.1) is 29.1 Å². The predicted molar refractivity (Wildman–Crippen MR) is 121 cm³/mol. The number of hydrogen-bond acceptors (Lipinski definition) is 3. The number of aliphatic hydroxyl groups is 2. The van der Waals surface area contributed by atoms with Gasteiger partial charge in [-0.25, -0.2) is 0 Å². The summed E-state index contributed by atoms with van der Waals surface area (Å²) in [5, 5.41) is 20.2. The zero-order chi connectivity index (χ0) is 21.5. The molecule has 3 heteroatoms. The fourth-order valence-corrected chi connectivity index (χ4v) is 7.46. The number of carbonyl (C=O) groups is 1. The van der Waals surface area contributed by atoms with Gasteiger partial charge in [-0.1, -0.05) is 38.2 Å². The lowest BCUT2D eigenvalue weighted by molar-refractivity contribution is -0.117. The molecule has 0 amide bonds. The van der Waals surface area contributed by atoms with E-state index >= 15 is 0 Å². The van der Waals surface area contributed by atoms with Gasteiger partial charge in [-0.3, -0.25) is 4.79 Å².